The normalized spacial score (nSPS) is 12.4. The van der Waals surface area contributed by atoms with Gasteiger partial charge in [-0.25, -0.2) is 9.82 Å². The van der Waals surface area contributed by atoms with Crippen molar-refractivity contribution in [1.29, 1.82) is 0 Å². The average molecular weight is 258 g/mol. The topological polar surface area (TPSA) is 38.0 Å². The second-order valence-corrected chi connectivity index (χ2v) is 4.66. The second-order valence-electron chi connectivity index (χ2n) is 4.66. The molecule has 2 nitrogen and oxygen atoms in total. The predicted molar refractivity (Wildman–Crippen MR) is 76.1 cm³/mol. The lowest BCUT2D eigenvalue weighted by Gasteiger charge is -2.20. The van der Waals surface area contributed by atoms with Crippen LogP contribution in [-0.4, -0.2) is 0 Å². The summed E-state index contributed by atoms with van der Waals surface area (Å²) in [5.41, 5.74) is 6.58. The maximum atomic E-state index is 13.7. The van der Waals surface area contributed by atoms with Crippen LogP contribution in [0.4, 0.5) is 4.39 Å². The molecule has 1 unspecified atom stereocenters. The molecule has 0 fully saturated rings. The highest BCUT2D eigenvalue weighted by Crippen LogP contribution is 2.26. The highest BCUT2D eigenvalue weighted by molar-refractivity contribution is 5.38. The molecule has 0 aliphatic rings. The summed E-state index contributed by atoms with van der Waals surface area (Å²) in [6.45, 7) is 3.85. The van der Waals surface area contributed by atoms with Gasteiger partial charge in [-0.15, -0.1) is 0 Å². The van der Waals surface area contributed by atoms with Crippen LogP contribution in [0.25, 0.3) is 0 Å². The fraction of sp³-hybridized carbons (Fsp3) is 0.250. The lowest BCUT2D eigenvalue weighted by atomic mass is 9.93. The van der Waals surface area contributed by atoms with E-state index in [1.807, 2.05) is 24.3 Å². The summed E-state index contributed by atoms with van der Waals surface area (Å²) < 4.78 is 13.7. The second kappa shape index (κ2) is 5.95. The van der Waals surface area contributed by atoms with Gasteiger partial charge in [0.25, 0.3) is 0 Å². The van der Waals surface area contributed by atoms with Crippen molar-refractivity contribution in [2.24, 2.45) is 5.84 Å². The quantitative estimate of drug-likeness (QED) is 0.652. The van der Waals surface area contributed by atoms with Gasteiger partial charge in [-0.2, -0.15) is 0 Å². The van der Waals surface area contributed by atoms with Crippen LogP contribution < -0.4 is 11.3 Å². The Bertz CT molecular complexity index is 566. The standard InChI is InChI=1S/C16H19FN2/c1-3-12-6-4-5-7-14(12)16(19-18)13-9-8-11(2)15(17)10-13/h4-10,16,19H,3,18H2,1-2H3. The van der Waals surface area contributed by atoms with Gasteiger partial charge < -0.3 is 0 Å². The van der Waals surface area contributed by atoms with Crippen LogP contribution in [0.3, 0.4) is 0 Å². The zero-order chi connectivity index (χ0) is 13.8. The maximum absolute atomic E-state index is 13.7. The van der Waals surface area contributed by atoms with Crippen molar-refractivity contribution in [3.63, 3.8) is 0 Å². The molecule has 0 saturated carbocycles. The summed E-state index contributed by atoms with van der Waals surface area (Å²) in [6, 6.07) is 13.1. The van der Waals surface area contributed by atoms with Crippen molar-refractivity contribution in [2.75, 3.05) is 0 Å². The molecular formula is C16H19FN2. The highest BCUT2D eigenvalue weighted by Gasteiger charge is 2.16. The van der Waals surface area contributed by atoms with Gasteiger partial charge in [0.1, 0.15) is 5.82 Å². The van der Waals surface area contributed by atoms with Crippen LogP contribution in [0.2, 0.25) is 0 Å². The SMILES string of the molecule is CCc1ccccc1C(NN)c1ccc(C)c(F)c1. The van der Waals surface area contributed by atoms with E-state index in [9.17, 15) is 4.39 Å². The number of halogens is 1. The lowest BCUT2D eigenvalue weighted by molar-refractivity contribution is 0.597. The van der Waals surface area contributed by atoms with Gasteiger partial charge in [0.15, 0.2) is 0 Å². The Balaban J connectivity index is 2.46. The number of hydrogen-bond acceptors (Lipinski definition) is 2. The third-order valence-corrected chi connectivity index (χ3v) is 3.44. The Kier molecular flexibility index (Phi) is 4.30. The van der Waals surface area contributed by atoms with Gasteiger partial charge in [0.05, 0.1) is 6.04 Å². The molecule has 0 radical (unpaired) electrons. The number of hydrazine groups is 1. The number of aryl methyl sites for hydroxylation is 2. The van der Waals surface area contributed by atoms with E-state index in [0.717, 1.165) is 17.5 Å². The Labute approximate surface area is 113 Å². The van der Waals surface area contributed by atoms with Crippen LogP contribution >= 0.6 is 0 Å². The van der Waals surface area contributed by atoms with E-state index in [1.54, 1.807) is 19.1 Å². The molecule has 0 aromatic heterocycles. The molecule has 0 bridgehead atoms. The maximum Gasteiger partial charge on any atom is 0.126 e. The van der Waals surface area contributed by atoms with Crippen molar-refractivity contribution in [2.45, 2.75) is 26.3 Å². The van der Waals surface area contributed by atoms with E-state index in [2.05, 4.69) is 18.4 Å². The van der Waals surface area contributed by atoms with Crippen molar-refractivity contribution in [3.8, 4) is 0 Å². The zero-order valence-electron chi connectivity index (χ0n) is 11.3. The first-order valence-electron chi connectivity index (χ1n) is 6.47. The third-order valence-electron chi connectivity index (χ3n) is 3.44. The third kappa shape index (κ3) is 2.83. The largest absolute Gasteiger partial charge is 0.271 e. The van der Waals surface area contributed by atoms with E-state index >= 15 is 0 Å². The van der Waals surface area contributed by atoms with Crippen LogP contribution in [0.1, 0.15) is 35.2 Å². The first-order chi connectivity index (χ1) is 9.17. The molecule has 2 rings (SSSR count). The van der Waals surface area contributed by atoms with Crippen LogP contribution in [0, 0.1) is 12.7 Å². The summed E-state index contributed by atoms with van der Waals surface area (Å²) in [5.74, 6) is 5.47. The van der Waals surface area contributed by atoms with Gasteiger partial charge in [0, 0.05) is 0 Å². The lowest BCUT2D eigenvalue weighted by Crippen LogP contribution is -2.29. The number of benzene rings is 2. The highest BCUT2D eigenvalue weighted by atomic mass is 19.1. The molecule has 0 spiro atoms. The summed E-state index contributed by atoms with van der Waals surface area (Å²) in [6.07, 6.45) is 0.919. The van der Waals surface area contributed by atoms with Crippen molar-refractivity contribution < 1.29 is 4.39 Å². The minimum atomic E-state index is -0.202. The molecule has 1 atom stereocenters. The fourth-order valence-electron chi connectivity index (χ4n) is 2.29. The molecule has 0 aliphatic heterocycles. The van der Waals surface area contributed by atoms with Crippen molar-refractivity contribution in [3.05, 3.63) is 70.5 Å². The molecule has 0 saturated heterocycles. The molecule has 0 aliphatic carbocycles. The Morgan fingerprint density at radius 1 is 1.21 bits per heavy atom. The van der Waals surface area contributed by atoms with Gasteiger partial charge in [-0.05, 0) is 41.7 Å². The Morgan fingerprint density at radius 2 is 1.95 bits per heavy atom. The molecule has 100 valence electrons. The van der Waals surface area contributed by atoms with Gasteiger partial charge >= 0.3 is 0 Å². The summed E-state index contributed by atoms with van der Waals surface area (Å²) in [5, 5.41) is 0. The molecule has 2 aromatic rings. The van der Waals surface area contributed by atoms with Gasteiger partial charge in [0.2, 0.25) is 0 Å². The Morgan fingerprint density at radius 3 is 2.58 bits per heavy atom. The molecule has 2 aromatic carbocycles. The molecule has 0 heterocycles. The monoisotopic (exact) mass is 258 g/mol. The molecule has 3 N–H and O–H groups in total. The van der Waals surface area contributed by atoms with E-state index in [-0.39, 0.29) is 11.9 Å². The summed E-state index contributed by atoms with van der Waals surface area (Å²) >= 11 is 0. The average Bonchev–Trinajstić information content (AvgIpc) is 2.44. The van der Waals surface area contributed by atoms with Crippen LogP contribution in [-0.2, 0) is 6.42 Å². The van der Waals surface area contributed by atoms with Crippen molar-refractivity contribution in [1.82, 2.24) is 5.43 Å². The summed E-state index contributed by atoms with van der Waals surface area (Å²) in [4.78, 5) is 0. The van der Waals surface area contributed by atoms with E-state index < -0.39 is 0 Å². The molecule has 19 heavy (non-hydrogen) atoms. The first-order valence-corrected chi connectivity index (χ1v) is 6.47. The van der Waals surface area contributed by atoms with E-state index in [0.29, 0.717) is 5.56 Å². The number of nitrogens with two attached hydrogens (primary N) is 1. The smallest absolute Gasteiger partial charge is 0.126 e. The predicted octanol–water partition coefficient (Wildman–Crippen LogP) is 3.25. The fourth-order valence-corrected chi connectivity index (χ4v) is 2.29. The van der Waals surface area contributed by atoms with E-state index in [1.165, 1.54) is 5.56 Å². The Hall–Kier alpha value is -1.71. The van der Waals surface area contributed by atoms with Gasteiger partial charge in [-0.3, -0.25) is 5.84 Å². The molecular weight excluding hydrogens is 239 g/mol. The number of rotatable bonds is 4. The zero-order valence-corrected chi connectivity index (χ0v) is 11.3. The minimum Gasteiger partial charge on any atom is -0.271 e. The van der Waals surface area contributed by atoms with E-state index in [4.69, 9.17) is 5.84 Å². The number of nitrogens with one attached hydrogen (secondary N) is 1. The first kappa shape index (κ1) is 13.7. The van der Waals surface area contributed by atoms with Gasteiger partial charge in [-0.1, -0.05) is 43.3 Å². The minimum absolute atomic E-state index is 0.189. The number of hydrogen-bond donors (Lipinski definition) is 2. The van der Waals surface area contributed by atoms with Crippen LogP contribution in [0.15, 0.2) is 42.5 Å². The summed E-state index contributed by atoms with van der Waals surface area (Å²) in [7, 11) is 0. The van der Waals surface area contributed by atoms with Crippen molar-refractivity contribution >= 4 is 0 Å². The molecule has 0 amide bonds. The molecule has 3 heteroatoms. The van der Waals surface area contributed by atoms with Crippen LogP contribution in [0.5, 0.6) is 0 Å².